The van der Waals surface area contributed by atoms with Crippen LogP contribution < -0.4 is 10.6 Å². The number of oxime groups is 1. The summed E-state index contributed by atoms with van der Waals surface area (Å²) in [5.41, 5.74) is 7.07. The lowest BCUT2D eigenvalue weighted by molar-refractivity contribution is 0.318. The van der Waals surface area contributed by atoms with Gasteiger partial charge in [-0.1, -0.05) is 5.16 Å². The topological polar surface area (TPSA) is 92.6 Å². The van der Waals surface area contributed by atoms with Crippen LogP contribution in [-0.4, -0.2) is 32.6 Å². The highest BCUT2D eigenvalue weighted by Gasteiger charge is 2.12. The Kier molecular flexibility index (Phi) is 3.65. The third kappa shape index (κ3) is 2.65. The molecule has 2 aromatic heterocycles. The Bertz CT molecular complexity index is 591. The number of imidazole rings is 1. The van der Waals surface area contributed by atoms with Crippen LogP contribution in [0.25, 0.3) is 0 Å². The molecule has 2 rings (SSSR count). The Hall–Kier alpha value is -2.57. The van der Waals surface area contributed by atoms with Gasteiger partial charge in [-0.2, -0.15) is 0 Å². The maximum Gasteiger partial charge on any atom is 0.172 e. The second kappa shape index (κ2) is 5.38. The molecule has 7 heteroatoms. The third-order valence-corrected chi connectivity index (χ3v) is 2.89. The van der Waals surface area contributed by atoms with Crippen molar-refractivity contribution in [1.29, 1.82) is 0 Å². The molecule has 0 saturated heterocycles. The van der Waals surface area contributed by atoms with Crippen LogP contribution in [0.1, 0.15) is 11.4 Å². The monoisotopic (exact) mass is 260 g/mol. The van der Waals surface area contributed by atoms with Crippen molar-refractivity contribution in [3.05, 3.63) is 42.2 Å². The minimum Gasteiger partial charge on any atom is -0.409 e. The molecular weight excluding hydrogens is 244 g/mol. The van der Waals surface area contributed by atoms with Crippen LogP contribution in [-0.2, 0) is 13.6 Å². The van der Waals surface area contributed by atoms with E-state index in [0.29, 0.717) is 12.1 Å². The van der Waals surface area contributed by atoms with Gasteiger partial charge in [0.15, 0.2) is 5.84 Å². The van der Waals surface area contributed by atoms with E-state index < -0.39 is 0 Å². The molecule has 0 unspecified atom stereocenters. The standard InChI is InChI=1S/C12H16N6O/c1-17-6-5-15-11(17)8-18(2)10-7-14-4-3-9(10)12(13)16-19/h3-7,19H,8H2,1-2H3,(H2,13,16). The lowest BCUT2D eigenvalue weighted by Crippen LogP contribution is -2.24. The molecule has 0 aliphatic carbocycles. The van der Waals surface area contributed by atoms with Gasteiger partial charge in [0.05, 0.1) is 18.4 Å². The molecule has 7 nitrogen and oxygen atoms in total. The van der Waals surface area contributed by atoms with Gasteiger partial charge in [0.25, 0.3) is 0 Å². The van der Waals surface area contributed by atoms with E-state index in [0.717, 1.165) is 11.5 Å². The number of nitrogens with zero attached hydrogens (tertiary/aromatic N) is 5. The first-order valence-electron chi connectivity index (χ1n) is 5.72. The fourth-order valence-electron chi connectivity index (χ4n) is 1.81. The molecule has 0 saturated carbocycles. The van der Waals surface area contributed by atoms with Crippen molar-refractivity contribution in [1.82, 2.24) is 14.5 Å². The Morgan fingerprint density at radius 2 is 2.32 bits per heavy atom. The molecule has 3 N–H and O–H groups in total. The molecule has 0 aliphatic heterocycles. The molecule has 0 fully saturated rings. The van der Waals surface area contributed by atoms with Gasteiger partial charge < -0.3 is 20.4 Å². The van der Waals surface area contributed by atoms with Crippen LogP contribution in [0.4, 0.5) is 5.69 Å². The molecule has 19 heavy (non-hydrogen) atoms. The molecule has 0 amide bonds. The van der Waals surface area contributed by atoms with Gasteiger partial charge in [0.1, 0.15) is 5.82 Å². The molecule has 100 valence electrons. The summed E-state index contributed by atoms with van der Waals surface area (Å²) < 4.78 is 1.94. The van der Waals surface area contributed by atoms with Crippen LogP contribution in [0.2, 0.25) is 0 Å². The number of rotatable bonds is 4. The summed E-state index contributed by atoms with van der Waals surface area (Å²) in [5.74, 6) is 0.973. The summed E-state index contributed by atoms with van der Waals surface area (Å²) in [5, 5.41) is 11.8. The zero-order valence-electron chi connectivity index (χ0n) is 10.9. The molecular formula is C12H16N6O. The summed E-state index contributed by atoms with van der Waals surface area (Å²) in [4.78, 5) is 10.3. The van der Waals surface area contributed by atoms with E-state index in [2.05, 4.69) is 15.1 Å². The summed E-state index contributed by atoms with van der Waals surface area (Å²) in [6, 6.07) is 1.71. The summed E-state index contributed by atoms with van der Waals surface area (Å²) in [6.45, 7) is 0.598. The Morgan fingerprint density at radius 1 is 1.53 bits per heavy atom. The first kappa shape index (κ1) is 12.9. The van der Waals surface area contributed by atoms with Crippen LogP contribution in [0.3, 0.4) is 0 Å². The number of pyridine rings is 1. The van der Waals surface area contributed by atoms with Crippen molar-refractivity contribution >= 4 is 11.5 Å². The Labute approximate surface area is 111 Å². The number of nitrogens with two attached hydrogens (primary N) is 1. The fraction of sp³-hybridized carbons (Fsp3) is 0.250. The van der Waals surface area contributed by atoms with Crippen LogP contribution in [0.5, 0.6) is 0 Å². The molecule has 0 radical (unpaired) electrons. The highest BCUT2D eigenvalue weighted by molar-refractivity contribution is 6.01. The number of hydrogen-bond donors (Lipinski definition) is 2. The van der Waals surface area contributed by atoms with E-state index >= 15 is 0 Å². The average Bonchev–Trinajstić information content (AvgIpc) is 2.83. The van der Waals surface area contributed by atoms with Gasteiger partial charge >= 0.3 is 0 Å². The maximum atomic E-state index is 8.80. The lowest BCUT2D eigenvalue weighted by Gasteiger charge is -2.21. The van der Waals surface area contributed by atoms with E-state index in [-0.39, 0.29) is 5.84 Å². The van der Waals surface area contributed by atoms with E-state index in [4.69, 9.17) is 10.9 Å². The van der Waals surface area contributed by atoms with Crippen molar-refractivity contribution in [2.45, 2.75) is 6.54 Å². The predicted molar refractivity (Wildman–Crippen MR) is 72.1 cm³/mol. The average molecular weight is 260 g/mol. The van der Waals surface area contributed by atoms with Crippen molar-refractivity contribution in [2.24, 2.45) is 17.9 Å². The van der Waals surface area contributed by atoms with E-state index in [1.807, 2.05) is 29.8 Å². The second-order valence-electron chi connectivity index (χ2n) is 4.19. The summed E-state index contributed by atoms with van der Waals surface area (Å²) in [6.07, 6.45) is 6.91. The van der Waals surface area contributed by atoms with Crippen molar-refractivity contribution in [3.8, 4) is 0 Å². The van der Waals surface area contributed by atoms with Gasteiger partial charge in [-0.15, -0.1) is 0 Å². The Morgan fingerprint density at radius 3 is 2.95 bits per heavy atom. The van der Waals surface area contributed by atoms with Gasteiger partial charge in [0.2, 0.25) is 0 Å². The molecule has 0 spiro atoms. The van der Waals surface area contributed by atoms with Crippen LogP contribution in [0.15, 0.2) is 36.0 Å². The van der Waals surface area contributed by atoms with Crippen LogP contribution >= 0.6 is 0 Å². The number of aryl methyl sites for hydroxylation is 1. The first-order chi connectivity index (χ1) is 9.13. The van der Waals surface area contributed by atoms with Gasteiger partial charge in [-0.25, -0.2) is 4.98 Å². The second-order valence-corrected chi connectivity index (χ2v) is 4.19. The SMILES string of the molecule is CN(Cc1nccn1C)c1cnccc1/C(N)=N/O. The quantitative estimate of drug-likeness (QED) is 0.362. The molecule has 2 aromatic rings. The van der Waals surface area contributed by atoms with E-state index in [1.165, 1.54) is 0 Å². The third-order valence-electron chi connectivity index (χ3n) is 2.89. The minimum absolute atomic E-state index is 0.0593. The van der Waals surface area contributed by atoms with Crippen molar-refractivity contribution < 1.29 is 5.21 Å². The lowest BCUT2D eigenvalue weighted by atomic mass is 10.2. The summed E-state index contributed by atoms with van der Waals surface area (Å²) >= 11 is 0. The minimum atomic E-state index is 0.0593. The van der Waals surface area contributed by atoms with Gasteiger partial charge in [-0.05, 0) is 6.07 Å². The normalized spacial score (nSPS) is 11.6. The van der Waals surface area contributed by atoms with E-state index in [1.54, 1.807) is 24.7 Å². The molecule has 2 heterocycles. The summed E-state index contributed by atoms with van der Waals surface area (Å²) in [7, 11) is 3.84. The van der Waals surface area contributed by atoms with Crippen molar-refractivity contribution in [3.63, 3.8) is 0 Å². The first-order valence-corrected chi connectivity index (χ1v) is 5.72. The molecule has 0 aliphatic rings. The number of anilines is 1. The highest BCUT2D eigenvalue weighted by Crippen LogP contribution is 2.19. The smallest absolute Gasteiger partial charge is 0.172 e. The molecule has 0 atom stereocenters. The zero-order valence-corrected chi connectivity index (χ0v) is 10.9. The van der Waals surface area contributed by atoms with Crippen LogP contribution in [0, 0.1) is 0 Å². The predicted octanol–water partition coefficient (Wildman–Crippen LogP) is 0.546. The van der Waals surface area contributed by atoms with Gasteiger partial charge in [0, 0.05) is 38.2 Å². The highest BCUT2D eigenvalue weighted by atomic mass is 16.4. The maximum absolute atomic E-state index is 8.80. The van der Waals surface area contributed by atoms with Gasteiger partial charge in [-0.3, -0.25) is 4.98 Å². The van der Waals surface area contributed by atoms with E-state index in [9.17, 15) is 0 Å². The largest absolute Gasteiger partial charge is 0.409 e. The number of hydrogen-bond acceptors (Lipinski definition) is 5. The Balaban J connectivity index is 2.29. The number of amidine groups is 1. The fourth-order valence-corrected chi connectivity index (χ4v) is 1.81. The molecule has 0 bridgehead atoms. The number of aromatic nitrogens is 3. The van der Waals surface area contributed by atoms with Crippen molar-refractivity contribution in [2.75, 3.05) is 11.9 Å². The zero-order chi connectivity index (χ0) is 13.8. The molecule has 0 aromatic carbocycles.